The molecule has 4 N–H and O–H groups in total. The molecule has 0 radical (unpaired) electrons. The number of hydrogen-bond acceptors (Lipinski definition) is 3. The standard InChI is InChI=1S/C12H24N4O2/c1-3-14-11(18)16-12(6-4-5-7-12)10(17)15-9-8-13-2/h13H,3-9H2,1-2H3,(H,15,17)(H2,14,16,18). The Hall–Kier alpha value is -1.30. The molecular formula is C12H24N4O2. The van der Waals surface area contributed by atoms with Gasteiger partial charge in [0.15, 0.2) is 0 Å². The molecule has 1 fully saturated rings. The Morgan fingerprint density at radius 1 is 1.11 bits per heavy atom. The van der Waals surface area contributed by atoms with Crippen molar-refractivity contribution in [2.75, 3.05) is 26.7 Å². The van der Waals surface area contributed by atoms with Gasteiger partial charge in [-0.3, -0.25) is 4.79 Å². The van der Waals surface area contributed by atoms with Crippen molar-refractivity contribution in [2.45, 2.75) is 38.1 Å². The molecule has 0 bridgehead atoms. The monoisotopic (exact) mass is 256 g/mol. The zero-order chi connectivity index (χ0) is 13.4. The quantitative estimate of drug-likeness (QED) is 0.503. The second-order valence-corrected chi connectivity index (χ2v) is 4.63. The molecule has 104 valence electrons. The average molecular weight is 256 g/mol. The van der Waals surface area contributed by atoms with Gasteiger partial charge in [-0.2, -0.15) is 0 Å². The molecule has 0 spiro atoms. The van der Waals surface area contributed by atoms with Crippen LogP contribution in [0.3, 0.4) is 0 Å². The Morgan fingerprint density at radius 3 is 2.33 bits per heavy atom. The van der Waals surface area contributed by atoms with Gasteiger partial charge in [-0.05, 0) is 26.8 Å². The molecule has 0 atom stereocenters. The van der Waals surface area contributed by atoms with E-state index in [2.05, 4.69) is 21.3 Å². The van der Waals surface area contributed by atoms with E-state index in [4.69, 9.17) is 0 Å². The minimum Gasteiger partial charge on any atom is -0.353 e. The SMILES string of the molecule is CCNC(=O)NC1(C(=O)NCCNC)CCCC1. The van der Waals surface area contributed by atoms with Crippen molar-refractivity contribution in [1.29, 1.82) is 0 Å². The van der Waals surface area contributed by atoms with E-state index in [1.807, 2.05) is 14.0 Å². The highest BCUT2D eigenvalue weighted by Gasteiger charge is 2.42. The van der Waals surface area contributed by atoms with Crippen molar-refractivity contribution in [1.82, 2.24) is 21.3 Å². The molecule has 0 aromatic rings. The van der Waals surface area contributed by atoms with Crippen LogP contribution in [0.5, 0.6) is 0 Å². The van der Waals surface area contributed by atoms with E-state index >= 15 is 0 Å². The van der Waals surface area contributed by atoms with Crippen LogP contribution in [0.25, 0.3) is 0 Å². The number of urea groups is 1. The second-order valence-electron chi connectivity index (χ2n) is 4.63. The van der Waals surface area contributed by atoms with Gasteiger partial charge in [0.2, 0.25) is 5.91 Å². The fraction of sp³-hybridized carbons (Fsp3) is 0.833. The molecule has 0 heterocycles. The van der Waals surface area contributed by atoms with Crippen LogP contribution < -0.4 is 21.3 Å². The number of carbonyl (C=O) groups is 2. The molecule has 0 aromatic heterocycles. The van der Waals surface area contributed by atoms with Gasteiger partial charge in [0, 0.05) is 19.6 Å². The van der Waals surface area contributed by atoms with E-state index in [0.29, 0.717) is 13.1 Å². The summed E-state index contributed by atoms with van der Waals surface area (Å²) in [4.78, 5) is 23.8. The van der Waals surface area contributed by atoms with Crippen molar-refractivity contribution < 1.29 is 9.59 Å². The fourth-order valence-corrected chi connectivity index (χ4v) is 2.28. The maximum Gasteiger partial charge on any atom is 0.315 e. The lowest BCUT2D eigenvalue weighted by Gasteiger charge is -2.29. The van der Waals surface area contributed by atoms with Gasteiger partial charge in [0.1, 0.15) is 5.54 Å². The van der Waals surface area contributed by atoms with Crippen LogP contribution in [0.15, 0.2) is 0 Å². The lowest BCUT2D eigenvalue weighted by molar-refractivity contribution is -0.127. The third-order valence-corrected chi connectivity index (χ3v) is 3.24. The van der Waals surface area contributed by atoms with Crippen molar-refractivity contribution in [3.8, 4) is 0 Å². The summed E-state index contributed by atoms with van der Waals surface area (Å²) in [5.74, 6) is -0.0681. The topological polar surface area (TPSA) is 82.3 Å². The summed E-state index contributed by atoms with van der Waals surface area (Å²) in [5.41, 5.74) is -0.715. The zero-order valence-electron chi connectivity index (χ0n) is 11.3. The van der Waals surface area contributed by atoms with E-state index in [-0.39, 0.29) is 11.9 Å². The fourth-order valence-electron chi connectivity index (χ4n) is 2.28. The molecule has 0 unspecified atom stereocenters. The highest BCUT2D eigenvalue weighted by atomic mass is 16.2. The first-order valence-corrected chi connectivity index (χ1v) is 6.63. The lowest BCUT2D eigenvalue weighted by atomic mass is 9.96. The second kappa shape index (κ2) is 7.20. The first-order chi connectivity index (χ1) is 8.64. The van der Waals surface area contributed by atoms with Crippen molar-refractivity contribution in [3.63, 3.8) is 0 Å². The maximum absolute atomic E-state index is 12.2. The van der Waals surface area contributed by atoms with E-state index < -0.39 is 5.54 Å². The summed E-state index contributed by atoms with van der Waals surface area (Å²) in [6, 6.07) is -0.261. The van der Waals surface area contributed by atoms with E-state index in [9.17, 15) is 9.59 Å². The highest BCUT2D eigenvalue weighted by Crippen LogP contribution is 2.29. The predicted molar refractivity (Wildman–Crippen MR) is 70.3 cm³/mol. The maximum atomic E-state index is 12.2. The molecule has 1 aliphatic carbocycles. The van der Waals surface area contributed by atoms with Crippen LogP contribution in [0, 0.1) is 0 Å². The van der Waals surface area contributed by atoms with Crippen LogP contribution in [0.4, 0.5) is 4.79 Å². The van der Waals surface area contributed by atoms with Crippen LogP contribution in [-0.4, -0.2) is 44.2 Å². The molecule has 1 aliphatic rings. The molecule has 1 rings (SSSR count). The van der Waals surface area contributed by atoms with Crippen LogP contribution >= 0.6 is 0 Å². The molecule has 3 amide bonds. The highest BCUT2D eigenvalue weighted by molar-refractivity contribution is 5.91. The van der Waals surface area contributed by atoms with Gasteiger partial charge in [0.05, 0.1) is 0 Å². The Morgan fingerprint density at radius 2 is 1.78 bits per heavy atom. The molecule has 1 saturated carbocycles. The van der Waals surface area contributed by atoms with Gasteiger partial charge in [0.25, 0.3) is 0 Å². The number of hydrogen-bond donors (Lipinski definition) is 4. The van der Waals surface area contributed by atoms with Crippen molar-refractivity contribution >= 4 is 11.9 Å². The molecule has 18 heavy (non-hydrogen) atoms. The summed E-state index contributed by atoms with van der Waals surface area (Å²) in [6.07, 6.45) is 3.39. The lowest BCUT2D eigenvalue weighted by Crippen LogP contribution is -2.59. The molecule has 6 nitrogen and oxygen atoms in total. The van der Waals surface area contributed by atoms with Crippen LogP contribution in [-0.2, 0) is 4.79 Å². The molecule has 0 aromatic carbocycles. The number of nitrogens with one attached hydrogen (secondary N) is 4. The van der Waals surface area contributed by atoms with Gasteiger partial charge >= 0.3 is 6.03 Å². The number of carbonyl (C=O) groups excluding carboxylic acids is 2. The minimum atomic E-state index is -0.715. The summed E-state index contributed by atoms with van der Waals surface area (Å²) in [6.45, 7) is 3.72. The van der Waals surface area contributed by atoms with Crippen molar-refractivity contribution in [2.24, 2.45) is 0 Å². The van der Waals surface area contributed by atoms with E-state index in [1.165, 1.54) is 0 Å². The van der Waals surface area contributed by atoms with Gasteiger partial charge < -0.3 is 21.3 Å². The van der Waals surface area contributed by atoms with Gasteiger partial charge in [-0.15, -0.1) is 0 Å². The normalized spacial score (nSPS) is 17.2. The molecule has 0 aliphatic heterocycles. The summed E-state index contributed by atoms with van der Waals surface area (Å²) in [5, 5.41) is 11.4. The smallest absolute Gasteiger partial charge is 0.315 e. The van der Waals surface area contributed by atoms with Crippen LogP contribution in [0.2, 0.25) is 0 Å². The number of rotatable bonds is 6. The van der Waals surface area contributed by atoms with Crippen molar-refractivity contribution in [3.05, 3.63) is 0 Å². The Kier molecular flexibility index (Phi) is 5.91. The predicted octanol–water partition coefficient (Wildman–Crippen LogP) is -0.0461. The minimum absolute atomic E-state index is 0.0681. The third kappa shape index (κ3) is 3.87. The number of likely N-dealkylation sites (N-methyl/N-ethyl adjacent to an activating group) is 1. The first-order valence-electron chi connectivity index (χ1n) is 6.63. The average Bonchev–Trinajstić information content (AvgIpc) is 2.79. The van der Waals surface area contributed by atoms with Gasteiger partial charge in [-0.25, -0.2) is 4.79 Å². The Bertz CT molecular complexity index is 288. The summed E-state index contributed by atoms with van der Waals surface area (Å²) >= 11 is 0. The molecular weight excluding hydrogens is 232 g/mol. The van der Waals surface area contributed by atoms with Crippen LogP contribution in [0.1, 0.15) is 32.6 Å². The number of amides is 3. The van der Waals surface area contributed by atoms with E-state index in [0.717, 1.165) is 32.2 Å². The first kappa shape index (κ1) is 14.8. The largest absolute Gasteiger partial charge is 0.353 e. The summed E-state index contributed by atoms with van der Waals surface area (Å²) < 4.78 is 0. The summed E-state index contributed by atoms with van der Waals surface area (Å²) in [7, 11) is 1.84. The zero-order valence-corrected chi connectivity index (χ0v) is 11.3. The Balaban J connectivity index is 2.56. The molecule has 6 heteroatoms. The van der Waals surface area contributed by atoms with Gasteiger partial charge in [-0.1, -0.05) is 12.8 Å². The molecule has 0 saturated heterocycles. The third-order valence-electron chi connectivity index (χ3n) is 3.24. The Labute approximate surface area is 108 Å². The van der Waals surface area contributed by atoms with E-state index in [1.54, 1.807) is 0 Å².